The molecule has 0 saturated heterocycles. The molecule has 0 aliphatic rings. The number of aryl methyl sites for hydroxylation is 1. The van der Waals surface area contributed by atoms with Crippen molar-refractivity contribution in [3.63, 3.8) is 0 Å². The molecule has 1 heterocycles. The van der Waals surface area contributed by atoms with Crippen LogP contribution in [0.2, 0.25) is 10.0 Å². The number of anilines is 2. The maximum Gasteiger partial charge on any atom is 0.354 e. The van der Waals surface area contributed by atoms with E-state index in [9.17, 15) is 9.18 Å². The van der Waals surface area contributed by atoms with Crippen molar-refractivity contribution in [2.45, 2.75) is 6.92 Å². The molecular formula is C18H15Cl2FN2O2. The topological polar surface area (TPSA) is 43.3 Å². The standard InChI is InChI=1S/C18H15Cl2FN2O2/c1-3-25-18(24)17-9-12-15(6-10(19)7-16(12)23(17)2)22-11-4-5-14(21)13(20)8-11/h4-9,22H,3H2,1-2H3. The third kappa shape index (κ3) is 3.43. The zero-order valence-electron chi connectivity index (χ0n) is 13.6. The summed E-state index contributed by atoms with van der Waals surface area (Å²) >= 11 is 12.0. The minimum atomic E-state index is -0.493. The van der Waals surface area contributed by atoms with Gasteiger partial charge in [0, 0.05) is 28.8 Å². The summed E-state index contributed by atoms with van der Waals surface area (Å²) in [6.45, 7) is 2.04. The SMILES string of the molecule is CCOC(=O)c1cc2c(Nc3ccc(F)c(Cl)c3)cc(Cl)cc2n1C. The number of benzene rings is 2. The van der Waals surface area contributed by atoms with Crippen LogP contribution >= 0.6 is 23.2 Å². The predicted octanol–water partition coefficient (Wildman–Crippen LogP) is 5.54. The van der Waals surface area contributed by atoms with Gasteiger partial charge in [0.1, 0.15) is 11.5 Å². The van der Waals surface area contributed by atoms with Gasteiger partial charge < -0.3 is 14.6 Å². The van der Waals surface area contributed by atoms with Gasteiger partial charge in [0.25, 0.3) is 0 Å². The van der Waals surface area contributed by atoms with Crippen molar-refractivity contribution in [2.24, 2.45) is 7.05 Å². The molecule has 0 aliphatic carbocycles. The monoisotopic (exact) mass is 380 g/mol. The van der Waals surface area contributed by atoms with Gasteiger partial charge in [0.05, 0.1) is 17.1 Å². The Morgan fingerprint density at radius 2 is 2.00 bits per heavy atom. The number of ether oxygens (including phenoxy) is 1. The van der Waals surface area contributed by atoms with Gasteiger partial charge in [0.2, 0.25) is 0 Å². The van der Waals surface area contributed by atoms with Crippen LogP contribution in [0.15, 0.2) is 36.4 Å². The van der Waals surface area contributed by atoms with Gasteiger partial charge in [-0.25, -0.2) is 9.18 Å². The minimum Gasteiger partial charge on any atom is -0.461 e. The molecule has 0 bridgehead atoms. The first-order chi connectivity index (χ1) is 11.9. The van der Waals surface area contributed by atoms with Crippen molar-refractivity contribution in [3.8, 4) is 0 Å². The van der Waals surface area contributed by atoms with E-state index < -0.39 is 11.8 Å². The second kappa shape index (κ2) is 6.94. The van der Waals surface area contributed by atoms with E-state index in [1.54, 1.807) is 42.8 Å². The van der Waals surface area contributed by atoms with Crippen LogP contribution in [0.1, 0.15) is 17.4 Å². The minimum absolute atomic E-state index is 0.0172. The first-order valence-electron chi connectivity index (χ1n) is 7.59. The van der Waals surface area contributed by atoms with E-state index in [1.807, 2.05) is 0 Å². The van der Waals surface area contributed by atoms with Crippen LogP contribution in [0.4, 0.5) is 15.8 Å². The molecule has 0 saturated carbocycles. The number of esters is 1. The fourth-order valence-electron chi connectivity index (χ4n) is 2.63. The molecule has 1 N–H and O–H groups in total. The fourth-order valence-corrected chi connectivity index (χ4v) is 3.02. The largest absolute Gasteiger partial charge is 0.461 e. The quantitative estimate of drug-likeness (QED) is 0.603. The average Bonchev–Trinajstić information content (AvgIpc) is 2.89. The van der Waals surface area contributed by atoms with E-state index in [2.05, 4.69) is 5.32 Å². The van der Waals surface area contributed by atoms with Crippen molar-refractivity contribution in [1.29, 1.82) is 0 Å². The Morgan fingerprint density at radius 3 is 2.68 bits per heavy atom. The zero-order valence-corrected chi connectivity index (χ0v) is 15.1. The molecule has 1 aromatic heterocycles. The van der Waals surface area contributed by atoms with Gasteiger partial charge >= 0.3 is 5.97 Å². The summed E-state index contributed by atoms with van der Waals surface area (Å²) in [5.41, 5.74) is 2.47. The normalized spacial score (nSPS) is 10.9. The van der Waals surface area contributed by atoms with Crippen LogP contribution in [0.3, 0.4) is 0 Å². The lowest BCUT2D eigenvalue weighted by Crippen LogP contribution is -2.09. The second-order valence-electron chi connectivity index (χ2n) is 5.45. The molecule has 0 radical (unpaired) electrons. The summed E-state index contributed by atoms with van der Waals surface area (Å²) in [4.78, 5) is 12.1. The maximum absolute atomic E-state index is 13.3. The van der Waals surface area contributed by atoms with Crippen LogP contribution in [-0.4, -0.2) is 17.1 Å². The zero-order chi connectivity index (χ0) is 18.1. The molecule has 25 heavy (non-hydrogen) atoms. The highest BCUT2D eigenvalue weighted by molar-refractivity contribution is 6.32. The summed E-state index contributed by atoms with van der Waals surface area (Å²) < 4.78 is 20.1. The number of carbonyl (C=O) groups is 1. The third-order valence-corrected chi connectivity index (χ3v) is 4.32. The van der Waals surface area contributed by atoms with Gasteiger partial charge in [-0.15, -0.1) is 0 Å². The Hall–Kier alpha value is -2.24. The lowest BCUT2D eigenvalue weighted by molar-refractivity contribution is 0.0516. The number of carbonyl (C=O) groups excluding carboxylic acids is 1. The van der Waals surface area contributed by atoms with Crippen molar-refractivity contribution < 1.29 is 13.9 Å². The van der Waals surface area contributed by atoms with E-state index in [1.165, 1.54) is 12.1 Å². The van der Waals surface area contributed by atoms with Gasteiger partial charge in [0.15, 0.2) is 0 Å². The van der Waals surface area contributed by atoms with Crippen LogP contribution in [0.5, 0.6) is 0 Å². The molecule has 0 unspecified atom stereocenters. The second-order valence-corrected chi connectivity index (χ2v) is 6.29. The summed E-state index contributed by atoms with van der Waals surface area (Å²) in [7, 11) is 1.77. The van der Waals surface area contributed by atoms with E-state index in [0.717, 1.165) is 10.9 Å². The highest BCUT2D eigenvalue weighted by Crippen LogP contribution is 2.33. The van der Waals surface area contributed by atoms with Crippen LogP contribution < -0.4 is 5.32 Å². The smallest absolute Gasteiger partial charge is 0.354 e. The number of hydrogen-bond acceptors (Lipinski definition) is 3. The van der Waals surface area contributed by atoms with Gasteiger partial charge in [-0.2, -0.15) is 0 Å². The molecule has 0 atom stereocenters. The predicted molar refractivity (Wildman–Crippen MR) is 98.6 cm³/mol. The molecular weight excluding hydrogens is 366 g/mol. The fraction of sp³-hybridized carbons (Fsp3) is 0.167. The first-order valence-corrected chi connectivity index (χ1v) is 8.34. The van der Waals surface area contributed by atoms with Crippen LogP contribution in [0, 0.1) is 5.82 Å². The Balaban J connectivity index is 2.09. The first kappa shape index (κ1) is 17.6. The van der Waals surface area contributed by atoms with Crippen molar-refractivity contribution >= 4 is 51.4 Å². The number of hydrogen-bond donors (Lipinski definition) is 1. The van der Waals surface area contributed by atoms with Crippen molar-refractivity contribution in [1.82, 2.24) is 4.57 Å². The van der Waals surface area contributed by atoms with Crippen molar-refractivity contribution in [2.75, 3.05) is 11.9 Å². The molecule has 2 aromatic carbocycles. The van der Waals surface area contributed by atoms with E-state index in [4.69, 9.17) is 27.9 Å². The Labute approximate surface area is 154 Å². The highest BCUT2D eigenvalue weighted by Gasteiger charge is 2.17. The molecule has 7 heteroatoms. The summed E-state index contributed by atoms with van der Waals surface area (Å²) in [5, 5.41) is 4.47. The molecule has 0 aliphatic heterocycles. The summed E-state index contributed by atoms with van der Waals surface area (Å²) in [5.74, 6) is -0.902. The lowest BCUT2D eigenvalue weighted by Gasteiger charge is -2.10. The summed E-state index contributed by atoms with van der Waals surface area (Å²) in [6.07, 6.45) is 0. The number of nitrogens with one attached hydrogen (secondary N) is 1. The number of halogens is 3. The molecule has 0 spiro atoms. The third-order valence-electron chi connectivity index (χ3n) is 3.81. The van der Waals surface area contributed by atoms with Crippen LogP contribution in [-0.2, 0) is 11.8 Å². The Kier molecular flexibility index (Phi) is 4.88. The number of fused-ring (bicyclic) bond motifs is 1. The highest BCUT2D eigenvalue weighted by atomic mass is 35.5. The summed E-state index contributed by atoms with van der Waals surface area (Å²) in [6, 6.07) is 9.57. The Morgan fingerprint density at radius 1 is 1.24 bits per heavy atom. The molecule has 4 nitrogen and oxygen atoms in total. The molecule has 3 rings (SSSR count). The van der Waals surface area contributed by atoms with E-state index in [-0.39, 0.29) is 5.02 Å². The average molecular weight is 381 g/mol. The molecule has 0 amide bonds. The van der Waals surface area contributed by atoms with Gasteiger partial charge in [-0.1, -0.05) is 23.2 Å². The number of aromatic nitrogens is 1. The molecule has 3 aromatic rings. The van der Waals surface area contributed by atoms with Crippen LogP contribution in [0.25, 0.3) is 10.9 Å². The van der Waals surface area contributed by atoms with Gasteiger partial charge in [-0.05, 0) is 43.3 Å². The van der Waals surface area contributed by atoms with Crippen molar-refractivity contribution in [3.05, 3.63) is 58.0 Å². The van der Waals surface area contributed by atoms with E-state index >= 15 is 0 Å². The number of nitrogens with zero attached hydrogens (tertiary/aromatic N) is 1. The lowest BCUT2D eigenvalue weighted by atomic mass is 10.2. The van der Waals surface area contributed by atoms with E-state index in [0.29, 0.717) is 28.7 Å². The number of rotatable bonds is 4. The molecule has 130 valence electrons. The van der Waals surface area contributed by atoms with Gasteiger partial charge in [-0.3, -0.25) is 0 Å². The Bertz CT molecular complexity index is 969. The molecule has 0 fully saturated rings. The maximum atomic E-state index is 13.3.